The first-order chi connectivity index (χ1) is 15.5. The van der Waals surface area contributed by atoms with Crippen molar-refractivity contribution in [1.82, 2.24) is 0 Å². The van der Waals surface area contributed by atoms with E-state index in [1.165, 1.54) is 11.1 Å². The van der Waals surface area contributed by atoms with Crippen molar-refractivity contribution in [1.29, 1.82) is 0 Å². The molecular weight excluding hydrogens is 392 g/mol. The number of fused-ring (bicyclic) bond motifs is 3. The maximum Gasteiger partial charge on any atom is 0.212 e. The van der Waals surface area contributed by atoms with Gasteiger partial charge in [0.25, 0.3) is 0 Å². The van der Waals surface area contributed by atoms with Crippen LogP contribution >= 0.6 is 0 Å². The van der Waals surface area contributed by atoms with Crippen LogP contribution in [-0.4, -0.2) is 0 Å². The Morgan fingerprint density at radius 2 is 1.72 bits per heavy atom. The quantitative estimate of drug-likeness (QED) is 0.217. The highest BCUT2D eigenvalue weighted by Crippen LogP contribution is 2.42. The lowest BCUT2D eigenvalue weighted by atomic mass is 9.97. The number of benzene rings is 3. The van der Waals surface area contributed by atoms with Crippen molar-refractivity contribution in [3.8, 4) is 22.4 Å². The van der Waals surface area contributed by atoms with Gasteiger partial charge in [0.1, 0.15) is 18.2 Å². The summed E-state index contributed by atoms with van der Waals surface area (Å²) in [5, 5.41) is 2.12. The molecule has 3 heteroatoms. The minimum absolute atomic E-state index is 0.488. The molecule has 0 aliphatic heterocycles. The van der Waals surface area contributed by atoms with Gasteiger partial charge >= 0.3 is 0 Å². The number of hydrogen-bond acceptors (Lipinski definition) is 1. The van der Waals surface area contributed by atoms with Crippen LogP contribution in [0.3, 0.4) is 0 Å². The Morgan fingerprint density at radius 1 is 0.938 bits per heavy atom. The third-order valence-electron chi connectivity index (χ3n) is 6.25. The van der Waals surface area contributed by atoms with Crippen LogP contribution in [0.1, 0.15) is 30.9 Å². The molecule has 0 atom stereocenters. The minimum Gasteiger partial charge on any atom is -0.457 e. The maximum absolute atomic E-state index is 7.68. The van der Waals surface area contributed by atoms with E-state index < -0.39 is 0 Å². The van der Waals surface area contributed by atoms with Gasteiger partial charge in [-0.2, -0.15) is 0 Å². The summed E-state index contributed by atoms with van der Waals surface area (Å²) in [7, 11) is 2.10. The van der Waals surface area contributed by atoms with E-state index in [9.17, 15) is 0 Å². The first-order valence-electron chi connectivity index (χ1n) is 10.9. The van der Waals surface area contributed by atoms with Crippen LogP contribution in [0, 0.1) is 13.5 Å². The van der Waals surface area contributed by atoms with Gasteiger partial charge < -0.3 is 4.42 Å². The summed E-state index contributed by atoms with van der Waals surface area (Å²) in [4.78, 5) is 3.77. The summed E-state index contributed by atoms with van der Waals surface area (Å²) in [5.74, 6) is 0.488. The van der Waals surface area contributed by atoms with E-state index in [1.807, 2.05) is 42.5 Å². The summed E-state index contributed by atoms with van der Waals surface area (Å²) >= 11 is 0. The van der Waals surface area contributed by atoms with E-state index in [0.717, 1.165) is 44.3 Å². The van der Waals surface area contributed by atoms with E-state index in [1.54, 1.807) is 0 Å². The van der Waals surface area contributed by atoms with Crippen molar-refractivity contribution in [3.63, 3.8) is 0 Å². The Balaban J connectivity index is 1.77. The Bertz CT molecular complexity index is 1520. The van der Waals surface area contributed by atoms with Crippen LogP contribution in [-0.2, 0) is 7.05 Å². The zero-order chi connectivity index (χ0) is 22.4. The fourth-order valence-electron chi connectivity index (χ4n) is 4.49. The average molecular weight is 418 g/mol. The number of aromatic nitrogens is 1. The third-order valence-corrected chi connectivity index (χ3v) is 6.25. The van der Waals surface area contributed by atoms with Crippen LogP contribution in [0.2, 0.25) is 0 Å². The van der Waals surface area contributed by atoms with Gasteiger partial charge in [-0.25, -0.2) is 9.41 Å². The van der Waals surface area contributed by atoms with Crippen LogP contribution in [0.25, 0.3) is 49.2 Å². The molecule has 2 aromatic heterocycles. The lowest BCUT2D eigenvalue weighted by molar-refractivity contribution is -0.660. The molecule has 156 valence electrons. The van der Waals surface area contributed by atoms with Crippen molar-refractivity contribution in [2.75, 3.05) is 0 Å². The maximum atomic E-state index is 7.68. The molecule has 0 aliphatic carbocycles. The van der Waals surface area contributed by atoms with Gasteiger partial charge in [-0.05, 0) is 42.2 Å². The fraction of sp³-hybridized carbons (Fsp3) is 0.172. The lowest BCUT2D eigenvalue weighted by Gasteiger charge is -2.08. The topological polar surface area (TPSA) is 21.4 Å². The molecule has 0 N–H and O–H groups in total. The molecule has 5 rings (SSSR count). The number of nitrogens with zero attached hydrogens (tertiary/aromatic N) is 2. The number of hydrogen-bond donors (Lipinski definition) is 0. The molecule has 0 amide bonds. The SMILES string of the molecule is [C-]#[N+]c1ccc2c(oc3cc(-c4ccc(C(C)C)c[n+]4C)c(C)cc32)c1-c1ccccc1. The van der Waals surface area contributed by atoms with Crippen LogP contribution in [0.4, 0.5) is 5.69 Å². The smallest absolute Gasteiger partial charge is 0.212 e. The Hall–Kier alpha value is -3.90. The number of aryl methyl sites for hydroxylation is 2. The molecule has 0 aliphatic rings. The lowest BCUT2D eigenvalue weighted by Crippen LogP contribution is -2.31. The van der Waals surface area contributed by atoms with Crippen molar-refractivity contribution in [2.24, 2.45) is 7.05 Å². The molecular formula is C29H25N2O+. The molecule has 0 radical (unpaired) electrons. The molecule has 0 spiro atoms. The first kappa shape index (κ1) is 20.0. The molecule has 0 unspecified atom stereocenters. The average Bonchev–Trinajstić information content (AvgIpc) is 3.15. The molecule has 0 saturated heterocycles. The summed E-state index contributed by atoms with van der Waals surface area (Å²) in [6.45, 7) is 14.2. The van der Waals surface area contributed by atoms with E-state index in [4.69, 9.17) is 11.0 Å². The van der Waals surface area contributed by atoms with Gasteiger partial charge in [-0.3, -0.25) is 0 Å². The molecule has 3 aromatic carbocycles. The minimum atomic E-state index is 0.488. The van der Waals surface area contributed by atoms with Crippen LogP contribution in [0.15, 0.2) is 77.3 Å². The Morgan fingerprint density at radius 3 is 2.41 bits per heavy atom. The molecule has 32 heavy (non-hydrogen) atoms. The van der Waals surface area contributed by atoms with E-state index in [-0.39, 0.29) is 0 Å². The largest absolute Gasteiger partial charge is 0.457 e. The molecule has 0 bridgehead atoms. The molecule has 0 saturated carbocycles. The summed E-state index contributed by atoms with van der Waals surface area (Å²) in [6, 6.07) is 22.7. The van der Waals surface area contributed by atoms with Gasteiger partial charge in [-0.15, -0.1) is 0 Å². The number of furan rings is 1. The predicted octanol–water partition coefficient (Wildman–Crippen LogP) is 7.73. The van der Waals surface area contributed by atoms with Crippen molar-refractivity contribution < 1.29 is 8.98 Å². The van der Waals surface area contributed by atoms with Crippen molar-refractivity contribution in [3.05, 3.63) is 95.5 Å². The van der Waals surface area contributed by atoms with E-state index >= 15 is 0 Å². The van der Waals surface area contributed by atoms with Gasteiger partial charge in [0.05, 0.1) is 12.1 Å². The van der Waals surface area contributed by atoms with E-state index in [2.05, 4.69) is 67.7 Å². The number of rotatable bonds is 3. The predicted molar refractivity (Wildman–Crippen MR) is 131 cm³/mol. The first-order valence-corrected chi connectivity index (χ1v) is 10.9. The van der Waals surface area contributed by atoms with Crippen LogP contribution < -0.4 is 4.57 Å². The van der Waals surface area contributed by atoms with Gasteiger partial charge in [0.2, 0.25) is 5.69 Å². The highest BCUT2D eigenvalue weighted by molar-refractivity contribution is 6.13. The second-order valence-corrected chi connectivity index (χ2v) is 8.69. The highest BCUT2D eigenvalue weighted by atomic mass is 16.3. The summed E-state index contributed by atoms with van der Waals surface area (Å²) < 4.78 is 8.64. The Kier molecular flexibility index (Phi) is 4.79. The molecule has 3 nitrogen and oxygen atoms in total. The van der Waals surface area contributed by atoms with Gasteiger partial charge in [0, 0.05) is 28.0 Å². The van der Waals surface area contributed by atoms with E-state index in [0.29, 0.717) is 11.6 Å². The van der Waals surface area contributed by atoms with Gasteiger partial charge in [-0.1, -0.05) is 56.3 Å². The third kappa shape index (κ3) is 3.16. The zero-order valence-corrected chi connectivity index (χ0v) is 18.8. The highest BCUT2D eigenvalue weighted by Gasteiger charge is 2.20. The van der Waals surface area contributed by atoms with Crippen LogP contribution in [0.5, 0.6) is 0 Å². The van der Waals surface area contributed by atoms with Crippen molar-refractivity contribution in [2.45, 2.75) is 26.7 Å². The number of pyridine rings is 1. The zero-order valence-electron chi connectivity index (χ0n) is 18.8. The second kappa shape index (κ2) is 7.66. The fourth-order valence-corrected chi connectivity index (χ4v) is 4.49. The normalized spacial score (nSPS) is 11.4. The monoisotopic (exact) mass is 417 g/mol. The van der Waals surface area contributed by atoms with Gasteiger partial charge in [0.15, 0.2) is 11.9 Å². The Labute approximate surface area is 188 Å². The summed E-state index contributed by atoms with van der Waals surface area (Å²) in [6.07, 6.45) is 2.21. The molecule has 2 heterocycles. The second-order valence-electron chi connectivity index (χ2n) is 8.69. The van der Waals surface area contributed by atoms with Crippen molar-refractivity contribution >= 4 is 27.6 Å². The molecule has 0 fully saturated rings. The summed E-state index contributed by atoms with van der Waals surface area (Å²) in [5.41, 5.74) is 8.90. The molecule has 5 aromatic rings. The standard InChI is InChI=1S/C29H25N2O/c1-18(2)21-11-14-26(31(5)17-21)23-16-27-24(15-19(23)3)22-12-13-25(30-4)28(29(22)32-27)20-9-7-6-8-10-20/h6-18H,1-3,5H3/q+1.